The smallest absolute Gasteiger partial charge is 0.437 e. The molecule has 4 heterocycles. The lowest BCUT2D eigenvalue weighted by atomic mass is 9.86. The fourth-order valence-electron chi connectivity index (χ4n) is 7.66. The van der Waals surface area contributed by atoms with Crippen molar-refractivity contribution in [2.75, 3.05) is 13.2 Å². The van der Waals surface area contributed by atoms with Gasteiger partial charge in [0.25, 0.3) is 0 Å². The third-order valence-corrected chi connectivity index (χ3v) is 10.8. The monoisotopic (exact) mass is 782 g/mol. The molecule has 1 spiro atoms. The van der Waals surface area contributed by atoms with E-state index in [9.17, 15) is 32.3 Å². The second-order valence-electron chi connectivity index (χ2n) is 15.2. The summed E-state index contributed by atoms with van der Waals surface area (Å²) in [5.41, 5.74) is -5.23. The summed E-state index contributed by atoms with van der Waals surface area (Å²) in [4.78, 5) is 60.4. The number of rotatable bonds is 3. The van der Waals surface area contributed by atoms with E-state index in [1.165, 1.54) is 11.0 Å². The molecule has 0 radical (unpaired) electrons. The van der Waals surface area contributed by atoms with Crippen LogP contribution in [-0.2, 0) is 30.0 Å². The number of esters is 1. The van der Waals surface area contributed by atoms with Gasteiger partial charge in [0.15, 0.2) is 11.4 Å². The van der Waals surface area contributed by atoms with Gasteiger partial charge in [-0.15, -0.1) is 11.6 Å². The number of halogens is 5. The topological polar surface area (TPSA) is 136 Å². The van der Waals surface area contributed by atoms with E-state index in [0.29, 0.717) is 19.3 Å². The third-order valence-electron chi connectivity index (χ3n) is 10.1. The number of carbonyl (C=O) groups is 4. The van der Waals surface area contributed by atoms with Gasteiger partial charge in [0.2, 0.25) is 11.8 Å². The Labute approximate surface area is 315 Å². The Morgan fingerprint density at radius 1 is 1.13 bits per heavy atom. The average molecular weight is 784 g/mol. The zero-order chi connectivity index (χ0) is 38.5. The molecule has 53 heavy (non-hydrogen) atoms. The molecule has 0 bridgehead atoms. The van der Waals surface area contributed by atoms with Gasteiger partial charge >= 0.3 is 18.2 Å². The second kappa shape index (κ2) is 14.5. The first-order valence-electron chi connectivity index (χ1n) is 17.9. The van der Waals surface area contributed by atoms with Crippen molar-refractivity contribution in [3.8, 4) is 5.75 Å². The van der Waals surface area contributed by atoms with Crippen molar-refractivity contribution in [1.82, 2.24) is 20.5 Å². The highest BCUT2D eigenvalue weighted by molar-refractivity contribution is 6.35. The van der Waals surface area contributed by atoms with E-state index >= 15 is 0 Å². The molecular formula is C37H43Cl2F3N4O7. The van der Waals surface area contributed by atoms with Crippen molar-refractivity contribution in [1.29, 1.82) is 0 Å². The number of nitrogens with zero attached hydrogens (tertiary/aromatic N) is 2. The number of aromatic nitrogens is 1. The van der Waals surface area contributed by atoms with Crippen LogP contribution < -0.4 is 15.4 Å². The van der Waals surface area contributed by atoms with Crippen molar-refractivity contribution in [2.24, 2.45) is 5.92 Å². The molecule has 1 aliphatic carbocycles. The van der Waals surface area contributed by atoms with E-state index < -0.39 is 75.7 Å². The van der Waals surface area contributed by atoms with Crippen molar-refractivity contribution >= 4 is 58.0 Å². The lowest BCUT2D eigenvalue weighted by Gasteiger charge is -2.39. The molecule has 288 valence electrons. The number of fused-ring (bicyclic) bond motifs is 5. The number of alkyl halides is 4. The summed E-state index contributed by atoms with van der Waals surface area (Å²) in [6.45, 7) is 6.40. The van der Waals surface area contributed by atoms with Gasteiger partial charge in [-0.3, -0.25) is 9.59 Å². The van der Waals surface area contributed by atoms with E-state index in [4.69, 9.17) is 37.4 Å². The van der Waals surface area contributed by atoms with Gasteiger partial charge in [0.1, 0.15) is 28.8 Å². The lowest BCUT2D eigenvalue weighted by Crippen LogP contribution is -2.57. The zero-order valence-corrected chi connectivity index (χ0v) is 31.4. The molecule has 1 saturated heterocycles. The minimum absolute atomic E-state index is 0.00118. The Balaban J connectivity index is 1.42. The Hall–Kier alpha value is -3.78. The van der Waals surface area contributed by atoms with Crippen LogP contribution in [0.3, 0.4) is 0 Å². The minimum Gasteiger partial charge on any atom is -0.483 e. The molecule has 1 aromatic heterocycles. The van der Waals surface area contributed by atoms with Gasteiger partial charge in [-0.1, -0.05) is 48.7 Å². The van der Waals surface area contributed by atoms with Crippen molar-refractivity contribution in [2.45, 2.75) is 119 Å². The number of alkyl carbamates (subject to hydrolysis) is 1. The number of ether oxygens (including phenoxy) is 3. The maximum atomic E-state index is 14.7. The molecule has 6 rings (SSSR count). The number of benzene rings is 1. The summed E-state index contributed by atoms with van der Waals surface area (Å²) in [6, 6.07) is 2.08. The highest BCUT2D eigenvalue weighted by atomic mass is 35.5. The van der Waals surface area contributed by atoms with Crippen LogP contribution in [0, 0.1) is 5.92 Å². The summed E-state index contributed by atoms with van der Waals surface area (Å²) in [7, 11) is 0. The maximum Gasteiger partial charge on any atom is 0.437 e. The molecule has 3 aliphatic heterocycles. The molecule has 16 heteroatoms. The number of hydrogen-bond acceptors (Lipinski definition) is 8. The van der Waals surface area contributed by atoms with Crippen LogP contribution in [-0.4, -0.2) is 75.7 Å². The molecule has 1 aromatic carbocycles. The highest BCUT2D eigenvalue weighted by Gasteiger charge is 2.63. The molecule has 1 unspecified atom stereocenters. The van der Waals surface area contributed by atoms with Gasteiger partial charge in [-0.25, -0.2) is 14.6 Å². The minimum atomic E-state index is -4.98. The first-order chi connectivity index (χ1) is 24.9. The number of allylic oxidation sites excluding steroid dienone is 1. The number of carbonyl (C=O) groups excluding carboxylic acids is 4. The Kier molecular flexibility index (Phi) is 10.6. The zero-order valence-electron chi connectivity index (χ0n) is 29.9. The van der Waals surface area contributed by atoms with Crippen LogP contribution in [0.1, 0.15) is 95.7 Å². The fraction of sp³-hybridized carbons (Fsp3) is 0.595. The van der Waals surface area contributed by atoms with E-state index in [0.717, 1.165) is 6.42 Å². The number of hydrogen-bond donors (Lipinski definition) is 2. The van der Waals surface area contributed by atoms with Crippen LogP contribution in [0.25, 0.3) is 10.9 Å². The number of nitrogens with one attached hydrogen (secondary N) is 2. The molecule has 2 aromatic rings. The van der Waals surface area contributed by atoms with Crippen molar-refractivity contribution in [3.63, 3.8) is 0 Å². The average Bonchev–Trinajstić information content (AvgIpc) is 3.63. The summed E-state index contributed by atoms with van der Waals surface area (Å²) in [5, 5.41) is 4.73. The van der Waals surface area contributed by atoms with Crippen LogP contribution in [0.4, 0.5) is 18.0 Å². The summed E-state index contributed by atoms with van der Waals surface area (Å²) in [6.07, 6.45) is 0.840. The Morgan fingerprint density at radius 3 is 2.58 bits per heavy atom. The van der Waals surface area contributed by atoms with Crippen LogP contribution in [0.2, 0.25) is 5.02 Å². The molecule has 3 amide bonds. The lowest BCUT2D eigenvalue weighted by molar-refractivity contribution is -0.150. The quantitative estimate of drug-likeness (QED) is 0.190. The van der Waals surface area contributed by atoms with Gasteiger partial charge in [0.05, 0.1) is 29.1 Å². The molecule has 11 nitrogen and oxygen atoms in total. The molecular weight excluding hydrogens is 740 g/mol. The third kappa shape index (κ3) is 7.90. The van der Waals surface area contributed by atoms with E-state index in [-0.39, 0.29) is 66.2 Å². The molecule has 6 atom stereocenters. The van der Waals surface area contributed by atoms with Gasteiger partial charge < -0.3 is 29.7 Å². The van der Waals surface area contributed by atoms with Crippen LogP contribution in [0.5, 0.6) is 5.75 Å². The summed E-state index contributed by atoms with van der Waals surface area (Å²) < 4.78 is 61.2. The van der Waals surface area contributed by atoms with Crippen LogP contribution >= 0.6 is 23.2 Å². The Bertz CT molecular complexity index is 1840. The number of para-hydroxylation sites is 1. The standard InChI is InChI=1S/C37H43Cl2F3N4O7/c1-5-51-32(49)36-16-20(36)12-9-7-6-8-10-15-24(43-33(50)53-34(2,3)4)31(48)46-19-35(18-25(46)30(47)45-36)17-23(39)26-21-13-11-14-22(38)27(21)44-29(28(26)52-35)37(40,41)42/h9,11-14,20,23-25H,5-8,10,15-19H2,1-4H3,(H,43,50)(H,45,47)/b12-9-/t20-,23?,24+,25+,35-,36-/m1/s1. The molecule has 1 saturated carbocycles. The number of pyridine rings is 1. The molecule has 4 aliphatic rings. The first-order valence-corrected chi connectivity index (χ1v) is 18.7. The predicted molar refractivity (Wildman–Crippen MR) is 189 cm³/mol. The SMILES string of the molecule is CCOC(=O)[C@@]12C[C@H]1/C=C\CCCCC[C@H](NC(=O)OC(C)(C)C)C(=O)N1C[C@@]3(CC(Cl)c4c(c(C(F)(F)F)nc5c(Cl)cccc45)O3)C[C@H]1C(=O)N2. The van der Waals surface area contributed by atoms with Gasteiger partial charge in [0, 0.05) is 29.7 Å². The van der Waals surface area contributed by atoms with E-state index in [1.54, 1.807) is 39.8 Å². The summed E-state index contributed by atoms with van der Waals surface area (Å²) in [5.74, 6) is -2.96. The molecule has 2 fully saturated rings. The maximum absolute atomic E-state index is 14.7. The van der Waals surface area contributed by atoms with Gasteiger partial charge in [-0.2, -0.15) is 13.2 Å². The van der Waals surface area contributed by atoms with Crippen molar-refractivity contribution in [3.05, 3.63) is 46.6 Å². The Morgan fingerprint density at radius 2 is 1.89 bits per heavy atom. The number of amides is 3. The van der Waals surface area contributed by atoms with Crippen molar-refractivity contribution < 1.29 is 46.6 Å². The fourth-order valence-corrected chi connectivity index (χ4v) is 8.37. The molecule has 2 N–H and O–H groups in total. The highest BCUT2D eigenvalue weighted by Crippen LogP contribution is 2.54. The van der Waals surface area contributed by atoms with Gasteiger partial charge in [-0.05, 0) is 59.4 Å². The van der Waals surface area contributed by atoms with E-state index in [2.05, 4.69) is 15.6 Å². The predicted octanol–water partition coefficient (Wildman–Crippen LogP) is 7.16. The van der Waals surface area contributed by atoms with Crippen LogP contribution in [0.15, 0.2) is 30.4 Å². The first kappa shape index (κ1) is 38.9. The normalized spacial score (nSPS) is 29.8. The summed E-state index contributed by atoms with van der Waals surface area (Å²) >= 11 is 13.3. The largest absolute Gasteiger partial charge is 0.483 e. The van der Waals surface area contributed by atoms with E-state index in [1.807, 2.05) is 12.2 Å². The second-order valence-corrected chi connectivity index (χ2v) is 16.2.